The molecular weight excluding hydrogens is 238 g/mol. The fraction of sp³-hybridized carbons (Fsp3) is 0.667. The third kappa shape index (κ3) is 4.97. The third-order valence-corrected chi connectivity index (χ3v) is 2.96. The van der Waals surface area contributed by atoms with E-state index in [1.54, 1.807) is 4.90 Å². The number of aromatic nitrogens is 2. The van der Waals surface area contributed by atoms with Gasteiger partial charge in [-0.2, -0.15) is 0 Å². The normalized spacial score (nSPS) is 10.5. The molecule has 0 fully saturated rings. The van der Waals surface area contributed by atoms with Crippen molar-refractivity contribution in [2.45, 2.75) is 59.3 Å². The molecule has 0 bridgehead atoms. The molecule has 19 heavy (non-hydrogen) atoms. The summed E-state index contributed by atoms with van der Waals surface area (Å²) in [6.45, 7) is 6.92. The van der Waals surface area contributed by atoms with Crippen LogP contribution in [0.5, 0.6) is 0 Å². The first-order chi connectivity index (χ1) is 9.22. The highest BCUT2D eigenvalue weighted by Gasteiger charge is 2.16. The lowest BCUT2D eigenvalue weighted by Crippen LogP contribution is -2.32. The SMILES string of the molecule is CCCCc1cnc(N(CCC)C(=O)CCC)nc1. The average molecular weight is 263 g/mol. The zero-order valence-electron chi connectivity index (χ0n) is 12.4. The van der Waals surface area contributed by atoms with E-state index in [0.29, 0.717) is 18.9 Å². The number of hydrogen-bond acceptors (Lipinski definition) is 3. The van der Waals surface area contributed by atoms with Crippen molar-refractivity contribution in [1.29, 1.82) is 0 Å². The monoisotopic (exact) mass is 263 g/mol. The quantitative estimate of drug-likeness (QED) is 0.722. The first-order valence-corrected chi connectivity index (χ1v) is 7.34. The number of amides is 1. The summed E-state index contributed by atoms with van der Waals surface area (Å²) in [6.07, 6.45) is 9.34. The second kappa shape index (κ2) is 8.62. The highest BCUT2D eigenvalue weighted by atomic mass is 16.2. The second-order valence-electron chi connectivity index (χ2n) is 4.79. The minimum atomic E-state index is 0.116. The molecule has 0 aromatic carbocycles. The number of rotatable bonds is 8. The van der Waals surface area contributed by atoms with Crippen molar-refractivity contribution >= 4 is 11.9 Å². The maximum absolute atomic E-state index is 12.0. The number of carbonyl (C=O) groups excluding carboxylic acids is 1. The van der Waals surface area contributed by atoms with E-state index in [1.165, 1.54) is 6.42 Å². The lowest BCUT2D eigenvalue weighted by Gasteiger charge is -2.19. The van der Waals surface area contributed by atoms with Crippen LogP contribution in [0.15, 0.2) is 12.4 Å². The van der Waals surface area contributed by atoms with Gasteiger partial charge in [0, 0.05) is 25.4 Å². The predicted octanol–water partition coefficient (Wildman–Crippen LogP) is 3.36. The van der Waals surface area contributed by atoms with Gasteiger partial charge in [0.25, 0.3) is 0 Å². The van der Waals surface area contributed by atoms with Crippen LogP contribution in [0.25, 0.3) is 0 Å². The van der Waals surface area contributed by atoms with Crippen molar-refractivity contribution < 1.29 is 4.79 Å². The molecule has 1 aromatic rings. The van der Waals surface area contributed by atoms with Crippen molar-refractivity contribution in [1.82, 2.24) is 9.97 Å². The summed E-state index contributed by atoms with van der Waals surface area (Å²) in [7, 11) is 0. The fourth-order valence-electron chi connectivity index (χ4n) is 1.91. The van der Waals surface area contributed by atoms with Gasteiger partial charge in [0.2, 0.25) is 11.9 Å². The molecule has 106 valence electrons. The third-order valence-electron chi connectivity index (χ3n) is 2.96. The van der Waals surface area contributed by atoms with Crippen molar-refractivity contribution in [2.75, 3.05) is 11.4 Å². The van der Waals surface area contributed by atoms with Crippen molar-refractivity contribution in [3.63, 3.8) is 0 Å². The topological polar surface area (TPSA) is 46.1 Å². The van der Waals surface area contributed by atoms with Crippen molar-refractivity contribution in [2.24, 2.45) is 0 Å². The molecule has 4 nitrogen and oxygen atoms in total. The van der Waals surface area contributed by atoms with Crippen molar-refractivity contribution in [3.05, 3.63) is 18.0 Å². The molecule has 0 aliphatic rings. The highest BCUT2D eigenvalue weighted by Crippen LogP contribution is 2.11. The zero-order chi connectivity index (χ0) is 14.1. The summed E-state index contributed by atoms with van der Waals surface area (Å²) in [5.41, 5.74) is 1.14. The smallest absolute Gasteiger partial charge is 0.232 e. The Morgan fingerprint density at radius 2 is 1.79 bits per heavy atom. The Labute approximate surface area is 116 Å². The molecule has 0 saturated heterocycles. The van der Waals surface area contributed by atoms with Gasteiger partial charge in [-0.25, -0.2) is 9.97 Å². The van der Waals surface area contributed by atoms with Gasteiger partial charge in [-0.05, 0) is 31.2 Å². The van der Waals surface area contributed by atoms with Gasteiger partial charge in [0.1, 0.15) is 0 Å². The molecule has 4 heteroatoms. The molecule has 0 atom stereocenters. The Balaban J connectivity index is 2.76. The van der Waals surface area contributed by atoms with Gasteiger partial charge in [-0.1, -0.05) is 27.2 Å². The maximum Gasteiger partial charge on any atom is 0.232 e. The summed E-state index contributed by atoms with van der Waals surface area (Å²) < 4.78 is 0. The van der Waals surface area contributed by atoms with Crippen LogP contribution in [0.1, 0.15) is 58.4 Å². The van der Waals surface area contributed by atoms with Crippen LogP contribution >= 0.6 is 0 Å². The molecule has 1 rings (SSSR count). The number of aryl methyl sites for hydroxylation is 1. The first kappa shape index (κ1) is 15.6. The Hall–Kier alpha value is -1.45. The molecule has 1 aromatic heterocycles. The van der Waals surface area contributed by atoms with Crippen LogP contribution in [0.3, 0.4) is 0 Å². The number of nitrogens with zero attached hydrogens (tertiary/aromatic N) is 3. The lowest BCUT2D eigenvalue weighted by atomic mass is 10.1. The van der Waals surface area contributed by atoms with Crippen LogP contribution in [0.2, 0.25) is 0 Å². The summed E-state index contributed by atoms with van der Waals surface area (Å²) >= 11 is 0. The molecular formula is C15H25N3O. The summed E-state index contributed by atoms with van der Waals surface area (Å²) in [5.74, 6) is 0.659. The number of carbonyl (C=O) groups is 1. The van der Waals surface area contributed by atoms with Crippen LogP contribution < -0.4 is 4.90 Å². The molecule has 0 unspecified atom stereocenters. The number of anilines is 1. The Kier molecular flexibility index (Phi) is 7.08. The highest BCUT2D eigenvalue weighted by molar-refractivity contribution is 5.91. The van der Waals surface area contributed by atoms with Crippen LogP contribution in [0.4, 0.5) is 5.95 Å². The van der Waals surface area contributed by atoms with Gasteiger partial charge in [-0.15, -0.1) is 0 Å². The standard InChI is InChI=1S/C15H25N3O/c1-4-7-9-13-11-16-15(17-12-13)18(10-6-3)14(19)8-5-2/h11-12H,4-10H2,1-3H3. The zero-order valence-corrected chi connectivity index (χ0v) is 12.4. The second-order valence-corrected chi connectivity index (χ2v) is 4.79. The van der Waals surface area contributed by atoms with E-state index in [2.05, 4.69) is 23.8 Å². The van der Waals surface area contributed by atoms with Crippen LogP contribution in [-0.2, 0) is 11.2 Å². The lowest BCUT2D eigenvalue weighted by molar-refractivity contribution is -0.118. The largest absolute Gasteiger partial charge is 0.281 e. The predicted molar refractivity (Wildman–Crippen MR) is 78.2 cm³/mol. The van der Waals surface area contributed by atoms with E-state index in [9.17, 15) is 4.79 Å². The van der Waals surface area contributed by atoms with Gasteiger partial charge in [0.15, 0.2) is 0 Å². The van der Waals surface area contributed by atoms with Crippen LogP contribution in [-0.4, -0.2) is 22.4 Å². The van der Waals surface area contributed by atoms with Gasteiger partial charge >= 0.3 is 0 Å². The minimum Gasteiger partial charge on any atom is -0.281 e. The maximum atomic E-state index is 12.0. The first-order valence-electron chi connectivity index (χ1n) is 7.34. The molecule has 0 aliphatic heterocycles. The Morgan fingerprint density at radius 3 is 2.32 bits per heavy atom. The minimum absolute atomic E-state index is 0.116. The van der Waals surface area contributed by atoms with E-state index >= 15 is 0 Å². The van der Waals surface area contributed by atoms with Gasteiger partial charge in [0.05, 0.1) is 0 Å². The molecule has 0 saturated carbocycles. The summed E-state index contributed by atoms with van der Waals surface area (Å²) in [4.78, 5) is 22.4. The van der Waals surface area contributed by atoms with E-state index in [0.717, 1.165) is 31.2 Å². The molecule has 0 radical (unpaired) electrons. The van der Waals surface area contributed by atoms with Gasteiger partial charge in [-0.3, -0.25) is 9.69 Å². The van der Waals surface area contributed by atoms with Gasteiger partial charge < -0.3 is 0 Å². The molecule has 1 amide bonds. The van der Waals surface area contributed by atoms with Crippen molar-refractivity contribution in [3.8, 4) is 0 Å². The van der Waals surface area contributed by atoms with Crippen LogP contribution in [0, 0.1) is 0 Å². The van der Waals surface area contributed by atoms with E-state index < -0.39 is 0 Å². The molecule has 0 N–H and O–H groups in total. The Bertz CT molecular complexity index is 375. The molecule has 0 spiro atoms. The number of unbranched alkanes of at least 4 members (excludes halogenated alkanes) is 1. The Morgan fingerprint density at radius 1 is 1.11 bits per heavy atom. The summed E-state index contributed by atoms with van der Waals surface area (Å²) in [6, 6.07) is 0. The number of hydrogen-bond donors (Lipinski definition) is 0. The van der Waals surface area contributed by atoms with E-state index in [1.807, 2.05) is 19.3 Å². The molecule has 0 aliphatic carbocycles. The van der Waals surface area contributed by atoms with E-state index in [4.69, 9.17) is 0 Å². The summed E-state index contributed by atoms with van der Waals surface area (Å²) in [5, 5.41) is 0. The van der Waals surface area contributed by atoms with E-state index in [-0.39, 0.29) is 5.91 Å². The molecule has 1 heterocycles. The average Bonchev–Trinajstić information content (AvgIpc) is 2.43. The fourth-order valence-corrected chi connectivity index (χ4v) is 1.91.